The number of unbranched alkanes of at least 4 members (excludes halogenated alkanes) is 6. The predicted octanol–water partition coefficient (Wildman–Crippen LogP) is 4.69. The van der Waals surface area contributed by atoms with E-state index in [0.717, 1.165) is 0 Å². The summed E-state index contributed by atoms with van der Waals surface area (Å²) in [5.41, 5.74) is 0. The van der Waals surface area contributed by atoms with E-state index >= 15 is 0 Å². The van der Waals surface area contributed by atoms with Crippen molar-refractivity contribution >= 4 is 34.6 Å². The van der Waals surface area contributed by atoms with Crippen molar-refractivity contribution in [2.45, 2.75) is 74.1 Å². The van der Waals surface area contributed by atoms with E-state index < -0.39 is 0 Å². The molecule has 0 aliphatic heterocycles. The summed E-state index contributed by atoms with van der Waals surface area (Å²) >= 11 is 0.104. The van der Waals surface area contributed by atoms with Gasteiger partial charge in [0.2, 0.25) is 0 Å². The summed E-state index contributed by atoms with van der Waals surface area (Å²) in [6, 6.07) is 0. The molecule has 0 nitrogen and oxygen atoms in total. The van der Waals surface area contributed by atoms with Crippen molar-refractivity contribution in [1.82, 2.24) is 0 Å². The quantitative estimate of drug-likeness (QED) is 0.405. The first-order chi connectivity index (χ1) is 6.41. The Morgan fingerprint density at radius 2 is 1.07 bits per heavy atom. The minimum Gasteiger partial charge on any atom is -2.00 e. The van der Waals surface area contributed by atoms with Crippen LogP contribution in [0.1, 0.15) is 65.2 Å². The predicted molar refractivity (Wildman–Crippen MR) is 71.0 cm³/mol. The normalized spacial score (nSPS) is 9.29. The van der Waals surface area contributed by atoms with E-state index in [1.165, 1.54) is 38.5 Å². The summed E-state index contributed by atoms with van der Waals surface area (Å²) in [6.07, 6.45) is 11.8. The zero-order valence-electron chi connectivity index (χ0n) is 9.98. The zero-order chi connectivity index (χ0) is 9.78. The van der Waals surface area contributed by atoms with E-state index in [-0.39, 0.29) is 34.6 Å². The van der Waals surface area contributed by atoms with Crippen LogP contribution in [0.2, 0.25) is 8.87 Å². The Morgan fingerprint density at radius 3 is 1.43 bits per heavy atom. The van der Waals surface area contributed by atoms with E-state index in [1.54, 1.807) is 21.7 Å². The van der Waals surface area contributed by atoms with Crippen molar-refractivity contribution in [3.63, 3.8) is 0 Å². The topological polar surface area (TPSA) is 0 Å². The van der Waals surface area contributed by atoms with Crippen LogP contribution in [-0.2, 0) is 13.5 Å². The SMILES string of the molecule is CCCCC[CH2][Sn+2][CH2]CCCCC.[S-2]. The second-order valence-electron chi connectivity index (χ2n) is 3.87. The Labute approximate surface area is 108 Å². The molecule has 0 aromatic rings. The molecule has 0 saturated heterocycles. The van der Waals surface area contributed by atoms with Crippen LogP contribution >= 0.6 is 0 Å². The van der Waals surface area contributed by atoms with Gasteiger partial charge >= 0.3 is 95.2 Å². The van der Waals surface area contributed by atoms with E-state index in [4.69, 9.17) is 0 Å². The Hall–Kier alpha value is 1.15. The van der Waals surface area contributed by atoms with E-state index in [1.807, 2.05) is 0 Å². The van der Waals surface area contributed by atoms with Gasteiger partial charge in [-0.25, -0.2) is 0 Å². The molecule has 0 aliphatic rings. The maximum atomic E-state index is 2.30. The van der Waals surface area contributed by atoms with Crippen molar-refractivity contribution in [3.05, 3.63) is 0 Å². The maximum absolute atomic E-state index is 2.30. The van der Waals surface area contributed by atoms with Gasteiger partial charge in [-0.05, 0) is 0 Å². The van der Waals surface area contributed by atoms with Gasteiger partial charge in [0.15, 0.2) is 0 Å². The van der Waals surface area contributed by atoms with Gasteiger partial charge in [-0.15, -0.1) is 0 Å². The molecule has 0 aliphatic carbocycles. The number of hydrogen-bond donors (Lipinski definition) is 0. The molecule has 0 amide bonds. The van der Waals surface area contributed by atoms with E-state index in [0.29, 0.717) is 0 Å². The van der Waals surface area contributed by atoms with Crippen molar-refractivity contribution in [2.75, 3.05) is 0 Å². The third-order valence-electron chi connectivity index (χ3n) is 2.41. The van der Waals surface area contributed by atoms with Crippen LogP contribution in [0.25, 0.3) is 0 Å². The first kappa shape index (κ1) is 17.5. The first-order valence-corrected chi connectivity index (χ1v) is 10.2. The molecule has 84 valence electrons. The summed E-state index contributed by atoms with van der Waals surface area (Å²) in [5.74, 6) is 0. The minimum absolute atomic E-state index is 0. The zero-order valence-corrected chi connectivity index (χ0v) is 13.6. The maximum Gasteiger partial charge on any atom is -2.00 e. The number of rotatable bonds is 10. The third-order valence-corrected chi connectivity index (χ3v) is 6.45. The van der Waals surface area contributed by atoms with Crippen LogP contribution in [0.5, 0.6) is 0 Å². The average molecular weight is 321 g/mol. The van der Waals surface area contributed by atoms with Crippen LogP contribution in [0.15, 0.2) is 0 Å². The Bertz CT molecular complexity index is 76.4. The number of hydrogen-bond acceptors (Lipinski definition) is 0. The molecule has 0 N–H and O–H groups in total. The molecule has 0 atom stereocenters. The Kier molecular flexibility index (Phi) is 20.8. The second-order valence-corrected chi connectivity index (χ2v) is 8.15. The van der Waals surface area contributed by atoms with Crippen LogP contribution in [0.3, 0.4) is 0 Å². The van der Waals surface area contributed by atoms with Gasteiger partial charge in [-0.1, -0.05) is 0 Å². The first-order valence-electron chi connectivity index (χ1n) is 6.12. The van der Waals surface area contributed by atoms with E-state index in [9.17, 15) is 0 Å². The summed E-state index contributed by atoms with van der Waals surface area (Å²) < 4.78 is 3.30. The standard InChI is InChI=1S/2C6H13.S.Sn/c2*1-3-5-6-4-2;;/h2*1,3-6H2,2H3;;/q;;-2;+2. The van der Waals surface area contributed by atoms with Crippen LogP contribution in [-0.4, -0.2) is 21.1 Å². The molecule has 0 aromatic carbocycles. The molecule has 0 bridgehead atoms. The van der Waals surface area contributed by atoms with Gasteiger partial charge in [0.1, 0.15) is 0 Å². The van der Waals surface area contributed by atoms with Crippen molar-refractivity contribution in [1.29, 1.82) is 0 Å². The summed E-state index contributed by atoms with van der Waals surface area (Å²) in [5, 5.41) is 0. The second kappa shape index (κ2) is 16.6. The van der Waals surface area contributed by atoms with Crippen LogP contribution in [0, 0.1) is 0 Å². The monoisotopic (exact) mass is 322 g/mol. The fourth-order valence-corrected chi connectivity index (χ4v) is 5.05. The molecule has 0 heterocycles. The summed E-state index contributed by atoms with van der Waals surface area (Å²) in [4.78, 5) is 0. The Balaban J connectivity index is 0. The summed E-state index contributed by atoms with van der Waals surface area (Å²) in [6.45, 7) is 4.59. The van der Waals surface area contributed by atoms with Crippen molar-refractivity contribution < 1.29 is 0 Å². The van der Waals surface area contributed by atoms with Gasteiger partial charge in [0.25, 0.3) is 0 Å². The van der Waals surface area contributed by atoms with Crippen LogP contribution in [0.4, 0.5) is 0 Å². The molecular weight excluding hydrogens is 295 g/mol. The van der Waals surface area contributed by atoms with Crippen molar-refractivity contribution in [3.8, 4) is 0 Å². The largest absolute Gasteiger partial charge is 2.00 e. The van der Waals surface area contributed by atoms with Gasteiger partial charge < -0.3 is 13.5 Å². The van der Waals surface area contributed by atoms with Crippen molar-refractivity contribution in [2.24, 2.45) is 0 Å². The molecule has 0 rings (SSSR count). The Morgan fingerprint density at radius 1 is 0.643 bits per heavy atom. The smallest absolute Gasteiger partial charge is 2.00 e. The molecule has 0 aromatic heterocycles. The van der Waals surface area contributed by atoms with Gasteiger partial charge in [-0.2, -0.15) is 0 Å². The molecule has 2 heteroatoms. The van der Waals surface area contributed by atoms with E-state index in [2.05, 4.69) is 13.8 Å². The summed E-state index contributed by atoms with van der Waals surface area (Å²) in [7, 11) is 0. The molecule has 0 fully saturated rings. The van der Waals surface area contributed by atoms with Gasteiger partial charge in [0.05, 0.1) is 0 Å². The molecule has 0 spiro atoms. The average Bonchev–Trinajstić information content (AvgIpc) is 2.16. The third kappa shape index (κ3) is 15.6. The van der Waals surface area contributed by atoms with Gasteiger partial charge in [0, 0.05) is 0 Å². The molecule has 14 heavy (non-hydrogen) atoms. The van der Waals surface area contributed by atoms with Crippen LogP contribution < -0.4 is 0 Å². The van der Waals surface area contributed by atoms with Gasteiger partial charge in [-0.3, -0.25) is 0 Å². The molecule has 0 radical (unpaired) electrons. The fourth-order valence-electron chi connectivity index (χ4n) is 1.48. The fraction of sp³-hybridized carbons (Fsp3) is 1.00. The minimum atomic E-state index is 0. The molecular formula is C12H26SSn. The molecule has 0 unspecified atom stereocenters. The molecule has 0 saturated carbocycles.